The van der Waals surface area contributed by atoms with Crippen LogP contribution in [0.4, 0.5) is 0 Å². The van der Waals surface area contributed by atoms with Crippen molar-refractivity contribution in [3.63, 3.8) is 0 Å². The Balaban J connectivity index is 1.88. The van der Waals surface area contributed by atoms with E-state index in [1.165, 1.54) is 30.4 Å². The molecule has 5 nitrogen and oxygen atoms in total. The average molecular weight is 324 g/mol. The molecule has 1 fully saturated rings. The number of H-pyrrole nitrogens is 1. The SMILES string of the molecule is CC(C)[C@H]1CC[C@@H](C)C[C@H]1OC(=O)CSc1nccc(=O)[nH]1. The van der Waals surface area contributed by atoms with Crippen molar-refractivity contribution >= 4 is 17.7 Å². The lowest BCUT2D eigenvalue weighted by atomic mass is 9.75. The first kappa shape index (κ1) is 17.1. The number of carbonyl (C=O) groups excluding carboxylic acids is 1. The van der Waals surface area contributed by atoms with E-state index in [9.17, 15) is 9.59 Å². The molecule has 1 heterocycles. The van der Waals surface area contributed by atoms with Crippen molar-refractivity contribution in [3.8, 4) is 0 Å². The second kappa shape index (κ2) is 7.81. The van der Waals surface area contributed by atoms with Crippen LogP contribution in [-0.2, 0) is 9.53 Å². The molecular formula is C16H24N2O3S. The fraction of sp³-hybridized carbons (Fsp3) is 0.688. The van der Waals surface area contributed by atoms with Crippen LogP contribution in [0.1, 0.15) is 40.0 Å². The van der Waals surface area contributed by atoms with Gasteiger partial charge in [-0.25, -0.2) is 4.98 Å². The third-order valence-corrected chi connectivity index (χ3v) is 5.08. The van der Waals surface area contributed by atoms with Crippen molar-refractivity contribution in [2.45, 2.75) is 51.3 Å². The maximum absolute atomic E-state index is 12.1. The van der Waals surface area contributed by atoms with Gasteiger partial charge in [0.25, 0.3) is 5.56 Å². The lowest BCUT2D eigenvalue weighted by Crippen LogP contribution is -2.36. The first-order valence-corrected chi connectivity index (χ1v) is 8.82. The van der Waals surface area contributed by atoms with Crippen LogP contribution in [-0.4, -0.2) is 27.8 Å². The van der Waals surface area contributed by atoms with Crippen LogP contribution in [0, 0.1) is 17.8 Å². The number of ether oxygens (including phenoxy) is 1. The van der Waals surface area contributed by atoms with Crippen molar-refractivity contribution in [1.29, 1.82) is 0 Å². The van der Waals surface area contributed by atoms with Crippen LogP contribution in [0.3, 0.4) is 0 Å². The minimum Gasteiger partial charge on any atom is -0.461 e. The first-order valence-electron chi connectivity index (χ1n) is 7.83. The fourth-order valence-electron chi connectivity index (χ4n) is 3.01. The van der Waals surface area contributed by atoms with Crippen LogP contribution < -0.4 is 5.56 Å². The number of rotatable bonds is 5. The predicted octanol–water partition coefficient (Wildman–Crippen LogP) is 2.87. The second-order valence-corrected chi connectivity index (χ2v) is 7.35. The maximum atomic E-state index is 12.1. The molecule has 22 heavy (non-hydrogen) atoms. The quantitative estimate of drug-likeness (QED) is 0.512. The molecule has 0 aliphatic heterocycles. The van der Waals surface area contributed by atoms with Gasteiger partial charge in [-0.15, -0.1) is 0 Å². The smallest absolute Gasteiger partial charge is 0.316 e. The molecule has 3 atom stereocenters. The van der Waals surface area contributed by atoms with Gasteiger partial charge in [-0.2, -0.15) is 0 Å². The molecule has 0 saturated heterocycles. The molecular weight excluding hydrogens is 300 g/mol. The number of aromatic amines is 1. The van der Waals surface area contributed by atoms with E-state index in [4.69, 9.17) is 4.74 Å². The zero-order valence-corrected chi connectivity index (χ0v) is 14.2. The van der Waals surface area contributed by atoms with Crippen molar-refractivity contribution in [2.75, 3.05) is 5.75 Å². The monoisotopic (exact) mass is 324 g/mol. The summed E-state index contributed by atoms with van der Waals surface area (Å²) in [5.41, 5.74) is -0.216. The predicted molar refractivity (Wildman–Crippen MR) is 86.8 cm³/mol. The van der Waals surface area contributed by atoms with E-state index in [1.54, 1.807) is 0 Å². The highest BCUT2D eigenvalue weighted by Gasteiger charge is 2.33. The number of hydrogen-bond acceptors (Lipinski definition) is 5. The van der Waals surface area contributed by atoms with E-state index in [0.29, 0.717) is 22.9 Å². The van der Waals surface area contributed by atoms with Crippen molar-refractivity contribution in [1.82, 2.24) is 9.97 Å². The average Bonchev–Trinajstić information content (AvgIpc) is 2.45. The highest BCUT2D eigenvalue weighted by molar-refractivity contribution is 7.99. The number of thioether (sulfide) groups is 1. The molecule has 1 aliphatic carbocycles. The van der Waals surface area contributed by atoms with E-state index in [0.717, 1.165) is 12.8 Å². The largest absolute Gasteiger partial charge is 0.461 e. The van der Waals surface area contributed by atoms with E-state index in [2.05, 4.69) is 30.7 Å². The second-order valence-electron chi connectivity index (χ2n) is 6.38. The third kappa shape index (κ3) is 4.87. The number of nitrogens with one attached hydrogen (secondary N) is 1. The van der Waals surface area contributed by atoms with E-state index in [1.807, 2.05) is 0 Å². The van der Waals surface area contributed by atoms with E-state index in [-0.39, 0.29) is 23.4 Å². The van der Waals surface area contributed by atoms with Crippen LogP contribution in [0.5, 0.6) is 0 Å². The summed E-state index contributed by atoms with van der Waals surface area (Å²) in [6.07, 6.45) is 4.72. The van der Waals surface area contributed by atoms with E-state index >= 15 is 0 Å². The molecule has 1 saturated carbocycles. The molecule has 1 aromatic heterocycles. The lowest BCUT2D eigenvalue weighted by Gasteiger charge is -2.36. The van der Waals surface area contributed by atoms with Crippen molar-refractivity contribution < 1.29 is 9.53 Å². The summed E-state index contributed by atoms with van der Waals surface area (Å²) in [7, 11) is 0. The van der Waals surface area contributed by atoms with Crippen LogP contribution in [0.2, 0.25) is 0 Å². The minimum absolute atomic E-state index is 0.0135. The number of carbonyl (C=O) groups is 1. The van der Waals surface area contributed by atoms with Gasteiger partial charge in [0.05, 0.1) is 5.75 Å². The Morgan fingerprint density at radius 3 is 2.95 bits per heavy atom. The van der Waals surface area contributed by atoms with Gasteiger partial charge >= 0.3 is 5.97 Å². The summed E-state index contributed by atoms with van der Waals surface area (Å²) < 4.78 is 5.71. The molecule has 2 rings (SSSR count). The molecule has 0 radical (unpaired) electrons. The number of esters is 1. The standard InChI is InChI=1S/C16H24N2O3S/c1-10(2)12-5-4-11(3)8-13(12)21-15(20)9-22-16-17-7-6-14(19)18-16/h6-7,10-13H,4-5,8-9H2,1-3H3,(H,17,18,19)/t11-,12-,13-/m1/s1. The summed E-state index contributed by atoms with van der Waals surface area (Å²) in [6, 6.07) is 1.35. The molecule has 0 unspecified atom stereocenters. The summed E-state index contributed by atoms with van der Waals surface area (Å²) in [5, 5.41) is 0.446. The van der Waals surface area contributed by atoms with Gasteiger partial charge in [0, 0.05) is 12.3 Å². The molecule has 6 heteroatoms. The molecule has 0 aromatic carbocycles. The van der Waals surface area contributed by atoms with Gasteiger partial charge in [-0.1, -0.05) is 39.0 Å². The highest BCUT2D eigenvalue weighted by Crippen LogP contribution is 2.35. The summed E-state index contributed by atoms with van der Waals surface area (Å²) >= 11 is 1.20. The zero-order valence-electron chi connectivity index (χ0n) is 13.4. The fourth-order valence-corrected chi connectivity index (χ4v) is 3.64. The van der Waals surface area contributed by atoms with Crippen molar-refractivity contribution in [3.05, 3.63) is 22.6 Å². The Morgan fingerprint density at radius 1 is 1.50 bits per heavy atom. The zero-order chi connectivity index (χ0) is 16.1. The molecule has 122 valence electrons. The molecule has 1 N–H and O–H groups in total. The third-order valence-electron chi connectivity index (χ3n) is 4.22. The Hall–Kier alpha value is -1.30. The van der Waals surface area contributed by atoms with Gasteiger partial charge < -0.3 is 9.72 Å². The van der Waals surface area contributed by atoms with Crippen molar-refractivity contribution in [2.24, 2.45) is 17.8 Å². The summed E-state index contributed by atoms with van der Waals surface area (Å²) in [5.74, 6) is 1.50. The summed E-state index contributed by atoms with van der Waals surface area (Å²) in [6.45, 7) is 6.59. The Bertz CT molecular complexity index is 558. The van der Waals surface area contributed by atoms with Gasteiger partial charge in [-0.05, 0) is 30.6 Å². The van der Waals surface area contributed by atoms with Crippen LogP contribution in [0.15, 0.2) is 22.2 Å². The number of aromatic nitrogens is 2. The van der Waals surface area contributed by atoms with Crippen LogP contribution >= 0.6 is 11.8 Å². The number of hydrogen-bond donors (Lipinski definition) is 1. The lowest BCUT2D eigenvalue weighted by molar-refractivity contribution is -0.152. The topological polar surface area (TPSA) is 72.0 Å². The number of nitrogens with zero attached hydrogens (tertiary/aromatic N) is 1. The molecule has 0 spiro atoms. The Labute approximate surface area is 135 Å². The van der Waals surface area contributed by atoms with Crippen LogP contribution in [0.25, 0.3) is 0 Å². The van der Waals surface area contributed by atoms with E-state index < -0.39 is 0 Å². The van der Waals surface area contributed by atoms with Gasteiger partial charge in [-0.3, -0.25) is 9.59 Å². The molecule has 1 aromatic rings. The van der Waals surface area contributed by atoms with Gasteiger partial charge in [0.15, 0.2) is 5.16 Å². The molecule has 0 bridgehead atoms. The van der Waals surface area contributed by atoms with Gasteiger partial charge in [0.1, 0.15) is 6.10 Å². The summed E-state index contributed by atoms with van der Waals surface area (Å²) in [4.78, 5) is 29.9. The first-order chi connectivity index (χ1) is 10.5. The molecule has 0 amide bonds. The highest BCUT2D eigenvalue weighted by atomic mass is 32.2. The molecule has 1 aliphatic rings. The van der Waals surface area contributed by atoms with Gasteiger partial charge in [0.2, 0.25) is 0 Å². The maximum Gasteiger partial charge on any atom is 0.316 e. The minimum atomic E-state index is -0.235. The Kier molecular flexibility index (Phi) is 6.06. The Morgan fingerprint density at radius 2 is 2.27 bits per heavy atom. The normalized spacial score (nSPS) is 25.2.